The zero-order valence-electron chi connectivity index (χ0n) is 41.9. The normalized spacial score (nSPS) is 11.6. The van der Waals surface area contributed by atoms with Crippen molar-refractivity contribution in [2.75, 3.05) is 57.9 Å². The molecule has 0 bridgehead atoms. The van der Waals surface area contributed by atoms with Crippen molar-refractivity contribution in [1.82, 2.24) is 4.98 Å². The molecule has 4 aromatic carbocycles. The number of carbonyl (C=O) groups is 5. The summed E-state index contributed by atoms with van der Waals surface area (Å²) in [5, 5.41) is 6.20. The van der Waals surface area contributed by atoms with Crippen LogP contribution in [0.5, 0.6) is 17.2 Å². The Kier molecular flexibility index (Phi) is 24.2. The van der Waals surface area contributed by atoms with E-state index in [9.17, 15) is 24.0 Å². The number of para-hydroxylation sites is 1. The highest BCUT2D eigenvalue weighted by molar-refractivity contribution is 7.22. The second-order valence-corrected chi connectivity index (χ2v) is 17.1. The first-order valence-corrected chi connectivity index (χ1v) is 24.8. The van der Waals surface area contributed by atoms with E-state index < -0.39 is 36.1 Å². The number of hydrogen-bond donors (Lipinski definition) is 0. The van der Waals surface area contributed by atoms with Crippen LogP contribution < -0.4 is 19.2 Å². The van der Waals surface area contributed by atoms with Crippen molar-refractivity contribution in [2.45, 2.75) is 51.2 Å². The van der Waals surface area contributed by atoms with Crippen molar-refractivity contribution in [3.05, 3.63) is 165 Å². The highest BCUT2D eigenvalue weighted by Crippen LogP contribution is 2.31. The van der Waals surface area contributed by atoms with Crippen molar-refractivity contribution >= 4 is 62.7 Å². The third kappa shape index (κ3) is 19.6. The fraction of sp³-hybridized carbons (Fsp3) is 0.281. The summed E-state index contributed by atoms with van der Waals surface area (Å²) in [5.74, 6) is -1.20. The summed E-state index contributed by atoms with van der Waals surface area (Å²) >= 11 is 1.31. The topological polar surface area (TPSA) is 197 Å². The van der Waals surface area contributed by atoms with Gasteiger partial charge >= 0.3 is 23.9 Å². The number of hydrazone groups is 1. The van der Waals surface area contributed by atoms with Crippen molar-refractivity contribution in [2.24, 2.45) is 5.10 Å². The monoisotopic (exact) mass is 1040 g/mol. The average Bonchev–Trinajstić information content (AvgIpc) is 3.87. The maximum absolute atomic E-state index is 13.7. The molecule has 0 fully saturated rings. The number of unbranched alkanes of at least 4 members (excludes halogenated alkanes) is 2. The minimum Gasteiger partial charge on any atom is -0.494 e. The Morgan fingerprint density at radius 3 is 1.79 bits per heavy atom. The van der Waals surface area contributed by atoms with Crippen molar-refractivity contribution in [3.63, 3.8) is 0 Å². The highest BCUT2D eigenvalue weighted by atomic mass is 32.1. The standard InChI is InChI=1S/C57H61N3O14S/c1-7-40(6)68-32-16-14-30-66-36-48(73-55(64)11-5)39-71-46-27-22-42(23-28-46)56(65)74-50-29-24-43(34-44(50)35-58-60(52(61)8-2)57-59-49-18-12-13-19-51(49)75-57)41-20-25-45(26-21-41)70-38-47(72-54(63)10-4)37-67-31-15-17-33-69-53(62)9-3/h7,9-13,18-29,34-35,47-48H,1,3-6,8,14-17,30-33,36-39H2,2H3/b58-35+. The van der Waals surface area contributed by atoms with E-state index >= 15 is 0 Å². The largest absolute Gasteiger partial charge is 0.494 e. The first-order chi connectivity index (χ1) is 36.4. The Morgan fingerprint density at radius 1 is 0.653 bits per heavy atom. The van der Waals surface area contributed by atoms with Gasteiger partial charge in [-0.1, -0.05) is 81.5 Å². The van der Waals surface area contributed by atoms with Gasteiger partial charge in [-0.25, -0.2) is 24.2 Å². The van der Waals surface area contributed by atoms with E-state index in [4.69, 9.17) is 42.6 Å². The van der Waals surface area contributed by atoms with Gasteiger partial charge in [0.05, 0.1) is 48.4 Å². The molecule has 1 aromatic heterocycles. The summed E-state index contributed by atoms with van der Waals surface area (Å²) in [6, 6.07) is 26.1. The molecule has 2 atom stereocenters. The van der Waals surface area contributed by atoms with Crippen LogP contribution in [0.15, 0.2) is 159 Å². The number of amides is 1. The summed E-state index contributed by atoms with van der Waals surface area (Å²) in [5.41, 5.74) is 2.77. The molecule has 2 unspecified atom stereocenters. The van der Waals surface area contributed by atoms with Crippen LogP contribution >= 0.6 is 11.3 Å². The smallest absolute Gasteiger partial charge is 0.343 e. The van der Waals surface area contributed by atoms with E-state index in [1.165, 1.54) is 40.8 Å². The predicted molar refractivity (Wildman–Crippen MR) is 286 cm³/mol. The van der Waals surface area contributed by atoms with Crippen LogP contribution in [0.2, 0.25) is 0 Å². The van der Waals surface area contributed by atoms with Gasteiger partial charge in [0.2, 0.25) is 11.0 Å². The second-order valence-electron chi connectivity index (χ2n) is 16.1. The molecule has 18 heteroatoms. The van der Waals surface area contributed by atoms with Crippen LogP contribution in [0.1, 0.15) is 54.9 Å². The van der Waals surface area contributed by atoms with E-state index in [0.29, 0.717) is 78.1 Å². The van der Waals surface area contributed by atoms with Crippen LogP contribution in [0, 0.1) is 0 Å². The van der Waals surface area contributed by atoms with Gasteiger partial charge in [0.15, 0.2) is 12.2 Å². The Balaban J connectivity index is 1.29. The maximum Gasteiger partial charge on any atom is 0.343 e. The van der Waals surface area contributed by atoms with Gasteiger partial charge in [-0.05, 0) is 104 Å². The SMILES string of the molecule is C=CC(=C)OCCCCOCC(COc1ccc(C(=O)Oc2ccc(-c3ccc(OCC(COCCCCOC(=O)C=C)OC(=O)C=C)cc3)cc2/C=N/N(C(=O)CC)c2nc3ccccc3s2)cc1)OC(=O)C=C. The number of allylic oxidation sites excluding steroid dienone is 1. The summed E-state index contributed by atoms with van der Waals surface area (Å²) in [4.78, 5) is 67.1. The molecular formula is C57H61N3O14S. The summed E-state index contributed by atoms with van der Waals surface area (Å²) in [7, 11) is 0. The first-order valence-electron chi connectivity index (χ1n) is 24.0. The van der Waals surface area contributed by atoms with Crippen LogP contribution in [-0.4, -0.2) is 106 Å². The average molecular weight is 1040 g/mol. The number of fused-ring (bicyclic) bond motifs is 1. The number of anilines is 1. The van der Waals surface area contributed by atoms with Crippen LogP contribution in [0.3, 0.4) is 0 Å². The molecular weight excluding hydrogens is 983 g/mol. The van der Waals surface area contributed by atoms with E-state index in [1.807, 2.05) is 36.4 Å². The van der Waals surface area contributed by atoms with Crippen molar-refractivity contribution in [3.8, 4) is 28.4 Å². The van der Waals surface area contributed by atoms with Crippen LogP contribution in [0.4, 0.5) is 5.13 Å². The van der Waals surface area contributed by atoms with E-state index in [2.05, 4.69) is 43.0 Å². The number of ether oxygens (including phenoxy) is 9. The van der Waals surface area contributed by atoms with E-state index in [0.717, 1.165) is 34.9 Å². The summed E-state index contributed by atoms with van der Waals surface area (Å²) in [6.07, 6.45) is 7.49. The molecule has 0 spiro atoms. The Morgan fingerprint density at radius 2 is 1.21 bits per heavy atom. The van der Waals surface area contributed by atoms with E-state index in [-0.39, 0.29) is 56.7 Å². The molecule has 75 heavy (non-hydrogen) atoms. The number of benzene rings is 4. The van der Waals surface area contributed by atoms with Crippen molar-refractivity contribution < 1.29 is 66.6 Å². The van der Waals surface area contributed by atoms with Crippen molar-refractivity contribution in [1.29, 1.82) is 0 Å². The number of rotatable bonds is 34. The molecule has 5 rings (SSSR count). The summed E-state index contributed by atoms with van der Waals surface area (Å²) in [6.45, 7) is 20.9. The number of esters is 4. The highest BCUT2D eigenvalue weighted by Gasteiger charge is 2.21. The summed E-state index contributed by atoms with van der Waals surface area (Å²) < 4.78 is 51.5. The first kappa shape index (κ1) is 57.7. The van der Waals surface area contributed by atoms with Gasteiger partial charge in [0.25, 0.3) is 0 Å². The molecule has 0 aliphatic carbocycles. The lowest BCUT2D eigenvalue weighted by molar-refractivity contribution is -0.148. The molecule has 0 aliphatic heterocycles. The van der Waals surface area contributed by atoms with Crippen LogP contribution in [0.25, 0.3) is 21.3 Å². The molecule has 1 amide bonds. The molecule has 0 saturated carbocycles. The van der Waals surface area contributed by atoms with Gasteiger partial charge < -0.3 is 42.6 Å². The van der Waals surface area contributed by atoms with Gasteiger partial charge in [-0.3, -0.25) is 4.79 Å². The molecule has 17 nitrogen and oxygen atoms in total. The number of nitrogens with zero attached hydrogens (tertiary/aromatic N) is 3. The molecule has 5 aromatic rings. The molecule has 0 N–H and O–H groups in total. The number of hydrogen-bond acceptors (Lipinski definition) is 17. The third-order valence-corrected chi connectivity index (χ3v) is 11.5. The Labute approximate surface area is 440 Å². The fourth-order valence-electron chi connectivity index (χ4n) is 6.52. The second kappa shape index (κ2) is 31.4. The predicted octanol–water partition coefficient (Wildman–Crippen LogP) is 9.95. The lowest BCUT2D eigenvalue weighted by Gasteiger charge is -2.18. The van der Waals surface area contributed by atoms with Gasteiger partial charge in [-0.2, -0.15) is 10.1 Å². The zero-order chi connectivity index (χ0) is 53.8. The third-order valence-electron chi connectivity index (χ3n) is 10.5. The molecule has 394 valence electrons. The minimum atomic E-state index is -0.741. The minimum absolute atomic E-state index is 0.0104. The fourth-order valence-corrected chi connectivity index (χ4v) is 7.46. The lowest BCUT2D eigenvalue weighted by Crippen LogP contribution is -2.29. The maximum atomic E-state index is 13.7. The molecule has 0 radical (unpaired) electrons. The van der Waals surface area contributed by atoms with Gasteiger partial charge in [-0.15, -0.1) is 0 Å². The molecule has 1 heterocycles. The lowest BCUT2D eigenvalue weighted by atomic mass is 10.0. The quantitative estimate of drug-likeness (QED) is 0.00434. The van der Waals surface area contributed by atoms with Gasteiger partial charge in [0, 0.05) is 43.4 Å². The number of carbonyl (C=O) groups excluding carboxylic acids is 5. The Bertz CT molecular complexity index is 2740. The number of aromatic nitrogens is 1. The van der Waals surface area contributed by atoms with E-state index in [1.54, 1.807) is 49.4 Å². The van der Waals surface area contributed by atoms with Gasteiger partial charge in [0.1, 0.15) is 36.2 Å². The molecule has 0 aliphatic rings. The Hall–Kier alpha value is -8.19. The number of thiazole rings is 1. The zero-order valence-corrected chi connectivity index (χ0v) is 42.7. The molecule has 0 saturated heterocycles. The van der Waals surface area contributed by atoms with Crippen LogP contribution in [-0.2, 0) is 47.6 Å².